The summed E-state index contributed by atoms with van der Waals surface area (Å²) in [4.78, 5) is 50.0. The van der Waals surface area contributed by atoms with E-state index in [1.54, 1.807) is 31.2 Å². The molecule has 1 atom stereocenters. The van der Waals surface area contributed by atoms with Gasteiger partial charge >= 0.3 is 12.0 Å². The number of esters is 1. The van der Waals surface area contributed by atoms with Crippen LogP contribution in [0.5, 0.6) is 0 Å². The molecular formula is C21H26ClN3O5. The number of amides is 4. The number of hydrogen-bond acceptors (Lipinski definition) is 5. The highest BCUT2D eigenvalue weighted by molar-refractivity contribution is 6.30. The minimum absolute atomic E-state index is 0.298. The van der Waals surface area contributed by atoms with Crippen molar-refractivity contribution in [3.63, 3.8) is 0 Å². The summed E-state index contributed by atoms with van der Waals surface area (Å²) in [7, 11) is 0. The van der Waals surface area contributed by atoms with E-state index in [4.69, 9.17) is 16.3 Å². The third kappa shape index (κ3) is 4.92. The fourth-order valence-electron chi connectivity index (χ4n) is 3.85. The minimum atomic E-state index is -0.907. The summed E-state index contributed by atoms with van der Waals surface area (Å²) in [6.45, 7) is 2.90. The average molecular weight is 436 g/mol. The monoisotopic (exact) mass is 435 g/mol. The van der Waals surface area contributed by atoms with Crippen LogP contribution in [0.1, 0.15) is 51.1 Å². The maximum atomic E-state index is 12.7. The number of nitrogens with zero attached hydrogens (tertiary/aromatic N) is 1. The predicted molar refractivity (Wildman–Crippen MR) is 110 cm³/mol. The summed E-state index contributed by atoms with van der Waals surface area (Å²) in [6.07, 6.45) is 2.82. The standard InChI is InChI=1S/C21H26ClN3O5/c1-13-7-9-21(10-8-13)19(28)25(20(29)24-21)11-18(27)30-12-17(26)23-14(2)15-3-5-16(22)6-4-15/h3-6,13-14H,7-12H2,1-2H3,(H,23,26)(H,24,29). The molecule has 162 valence electrons. The van der Waals surface area contributed by atoms with Crippen molar-refractivity contribution < 1.29 is 23.9 Å². The van der Waals surface area contributed by atoms with Crippen LogP contribution in [0.2, 0.25) is 5.02 Å². The molecular weight excluding hydrogens is 410 g/mol. The molecule has 0 radical (unpaired) electrons. The zero-order valence-electron chi connectivity index (χ0n) is 17.1. The molecule has 2 aliphatic rings. The second-order valence-electron chi connectivity index (χ2n) is 8.09. The van der Waals surface area contributed by atoms with Gasteiger partial charge in [-0.05, 0) is 56.2 Å². The highest BCUT2D eigenvalue weighted by atomic mass is 35.5. The fourth-order valence-corrected chi connectivity index (χ4v) is 3.98. The van der Waals surface area contributed by atoms with E-state index in [0.29, 0.717) is 23.8 Å². The zero-order valence-corrected chi connectivity index (χ0v) is 17.8. The molecule has 9 heteroatoms. The summed E-state index contributed by atoms with van der Waals surface area (Å²) < 4.78 is 4.97. The van der Waals surface area contributed by atoms with Gasteiger partial charge in [-0.15, -0.1) is 0 Å². The number of ether oxygens (including phenoxy) is 1. The van der Waals surface area contributed by atoms with Crippen LogP contribution in [0.3, 0.4) is 0 Å². The number of carbonyl (C=O) groups excluding carboxylic acids is 4. The van der Waals surface area contributed by atoms with Crippen molar-refractivity contribution in [2.24, 2.45) is 5.92 Å². The number of urea groups is 1. The predicted octanol–water partition coefficient (Wildman–Crippen LogP) is 2.56. The van der Waals surface area contributed by atoms with Gasteiger partial charge in [0.1, 0.15) is 12.1 Å². The van der Waals surface area contributed by atoms with E-state index < -0.39 is 42.5 Å². The third-order valence-electron chi connectivity index (χ3n) is 5.77. The van der Waals surface area contributed by atoms with E-state index in [2.05, 4.69) is 17.6 Å². The van der Waals surface area contributed by atoms with Gasteiger partial charge < -0.3 is 15.4 Å². The molecule has 1 heterocycles. The number of rotatable bonds is 6. The van der Waals surface area contributed by atoms with E-state index in [1.807, 2.05) is 0 Å². The normalized spacial score (nSPS) is 24.5. The van der Waals surface area contributed by atoms with Gasteiger partial charge in [0.25, 0.3) is 11.8 Å². The molecule has 1 saturated heterocycles. The highest BCUT2D eigenvalue weighted by Crippen LogP contribution is 2.36. The number of nitrogens with one attached hydrogen (secondary N) is 2. The third-order valence-corrected chi connectivity index (χ3v) is 6.02. The van der Waals surface area contributed by atoms with Gasteiger partial charge in [0.15, 0.2) is 6.61 Å². The molecule has 1 aliphatic carbocycles. The Labute approximate surface area is 180 Å². The van der Waals surface area contributed by atoms with Crippen LogP contribution in [0, 0.1) is 5.92 Å². The van der Waals surface area contributed by atoms with E-state index in [0.717, 1.165) is 23.3 Å². The molecule has 2 N–H and O–H groups in total. The molecule has 1 spiro atoms. The van der Waals surface area contributed by atoms with Crippen LogP contribution in [-0.4, -0.2) is 47.4 Å². The Kier molecular flexibility index (Phi) is 6.65. The van der Waals surface area contributed by atoms with Crippen LogP contribution in [-0.2, 0) is 19.1 Å². The SMILES string of the molecule is CC1CCC2(CC1)NC(=O)N(CC(=O)OCC(=O)NC(C)c1ccc(Cl)cc1)C2=O. The lowest BCUT2D eigenvalue weighted by Gasteiger charge is -2.33. The molecule has 3 rings (SSSR count). The number of carbonyl (C=O) groups is 4. The number of benzene rings is 1. The maximum absolute atomic E-state index is 12.7. The van der Waals surface area contributed by atoms with E-state index in [1.165, 1.54) is 0 Å². The van der Waals surface area contributed by atoms with Crippen LogP contribution >= 0.6 is 11.6 Å². The summed E-state index contributed by atoms with van der Waals surface area (Å²) in [5.74, 6) is -1.18. The largest absolute Gasteiger partial charge is 0.454 e. The molecule has 4 amide bonds. The average Bonchev–Trinajstić information content (AvgIpc) is 2.93. The first-order valence-electron chi connectivity index (χ1n) is 10.0. The summed E-state index contributed by atoms with van der Waals surface area (Å²) in [5, 5.41) is 6.06. The van der Waals surface area contributed by atoms with E-state index in [-0.39, 0.29) is 6.04 Å². The van der Waals surface area contributed by atoms with Gasteiger partial charge in [-0.2, -0.15) is 0 Å². The first-order valence-corrected chi connectivity index (χ1v) is 10.4. The van der Waals surface area contributed by atoms with Gasteiger partial charge in [0, 0.05) is 5.02 Å². The van der Waals surface area contributed by atoms with Gasteiger partial charge in [0.2, 0.25) is 0 Å². The Hall–Kier alpha value is -2.61. The van der Waals surface area contributed by atoms with Crippen LogP contribution in [0.15, 0.2) is 24.3 Å². The van der Waals surface area contributed by atoms with Gasteiger partial charge in [-0.1, -0.05) is 30.7 Å². The van der Waals surface area contributed by atoms with Crippen molar-refractivity contribution in [1.29, 1.82) is 0 Å². The van der Waals surface area contributed by atoms with Crippen LogP contribution in [0.4, 0.5) is 4.79 Å². The Morgan fingerprint density at radius 3 is 2.53 bits per heavy atom. The Morgan fingerprint density at radius 1 is 1.27 bits per heavy atom. The lowest BCUT2D eigenvalue weighted by atomic mass is 9.77. The lowest BCUT2D eigenvalue weighted by Crippen LogP contribution is -2.49. The molecule has 1 aliphatic heterocycles. The minimum Gasteiger partial charge on any atom is -0.454 e. The van der Waals surface area contributed by atoms with Crippen molar-refractivity contribution >= 4 is 35.4 Å². The van der Waals surface area contributed by atoms with E-state index in [9.17, 15) is 19.2 Å². The summed E-state index contributed by atoms with van der Waals surface area (Å²) in [6, 6.07) is 6.13. The summed E-state index contributed by atoms with van der Waals surface area (Å²) >= 11 is 5.85. The smallest absolute Gasteiger partial charge is 0.326 e. The molecule has 30 heavy (non-hydrogen) atoms. The first-order chi connectivity index (χ1) is 14.2. The van der Waals surface area contributed by atoms with Crippen molar-refractivity contribution in [2.75, 3.05) is 13.2 Å². The molecule has 0 bridgehead atoms. The molecule has 2 fully saturated rings. The molecule has 1 aromatic rings. The molecule has 1 unspecified atom stereocenters. The number of halogens is 1. The first kappa shape index (κ1) is 22.1. The highest BCUT2D eigenvalue weighted by Gasteiger charge is 2.52. The topological polar surface area (TPSA) is 105 Å². The molecule has 8 nitrogen and oxygen atoms in total. The molecule has 1 saturated carbocycles. The summed E-state index contributed by atoms with van der Waals surface area (Å²) in [5.41, 5.74) is -0.0552. The zero-order chi connectivity index (χ0) is 21.9. The second kappa shape index (κ2) is 9.04. The number of hydrogen-bond donors (Lipinski definition) is 2. The number of imide groups is 1. The Morgan fingerprint density at radius 2 is 1.90 bits per heavy atom. The lowest BCUT2D eigenvalue weighted by molar-refractivity contribution is -0.151. The van der Waals surface area contributed by atoms with E-state index >= 15 is 0 Å². The second-order valence-corrected chi connectivity index (χ2v) is 8.52. The van der Waals surface area contributed by atoms with Gasteiger partial charge in [-0.25, -0.2) is 4.79 Å². The maximum Gasteiger partial charge on any atom is 0.326 e. The van der Waals surface area contributed by atoms with Crippen molar-refractivity contribution in [1.82, 2.24) is 15.5 Å². The van der Waals surface area contributed by atoms with Crippen molar-refractivity contribution in [2.45, 2.75) is 51.1 Å². The quantitative estimate of drug-likeness (QED) is 0.527. The van der Waals surface area contributed by atoms with Gasteiger partial charge in [0.05, 0.1) is 6.04 Å². The fraction of sp³-hybridized carbons (Fsp3) is 0.524. The molecule has 1 aromatic carbocycles. The van der Waals surface area contributed by atoms with Crippen molar-refractivity contribution in [3.05, 3.63) is 34.9 Å². The Balaban J connectivity index is 1.47. The van der Waals surface area contributed by atoms with Crippen LogP contribution < -0.4 is 10.6 Å². The molecule has 0 aromatic heterocycles. The van der Waals surface area contributed by atoms with Crippen molar-refractivity contribution in [3.8, 4) is 0 Å². The van der Waals surface area contributed by atoms with Crippen LogP contribution in [0.25, 0.3) is 0 Å². The Bertz CT molecular complexity index is 834. The van der Waals surface area contributed by atoms with Gasteiger partial charge in [-0.3, -0.25) is 19.3 Å².